The van der Waals surface area contributed by atoms with Gasteiger partial charge >= 0.3 is 0 Å². The smallest absolute Gasteiger partial charge is 0.255 e. The maximum absolute atomic E-state index is 13.0. The predicted molar refractivity (Wildman–Crippen MR) is 117 cm³/mol. The number of hydrogen-bond acceptors (Lipinski definition) is 7. The summed E-state index contributed by atoms with van der Waals surface area (Å²) in [5.41, 5.74) is 9.28. The Morgan fingerprint density at radius 3 is 2.68 bits per heavy atom. The van der Waals surface area contributed by atoms with Crippen LogP contribution in [0.25, 0.3) is 20.0 Å². The number of pyridine rings is 1. The zero-order chi connectivity index (χ0) is 19.7. The fourth-order valence-corrected chi connectivity index (χ4v) is 5.31. The maximum atomic E-state index is 13.0. The summed E-state index contributed by atoms with van der Waals surface area (Å²) < 4.78 is 0. The van der Waals surface area contributed by atoms with Gasteiger partial charge in [-0.3, -0.25) is 9.78 Å². The van der Waals surface area contributed by atoms with E-state index in [4.69, 9.17) is 5.73 Å². The number of rotatable bonds is 5. The number of nitrogens with one attached hydrogen (secondary N) is 2. The number of hydrogen-bond donors (Lipinski definition) is 3. The largest absolute Gasteiger partial charge is 0.382 e. The topological polar surface area (TPSA) is 92.9 Å². The number of thiophene rings is 1. The minimum Gasteiger partial charge on any atom is -0.382 e. The van der Waals surface area contributed by atoms with Gasteiger partial charge in [-0.05, 0) is 45.6 Å². The van der Waals surface area contributed by atoms with Crippen LogP contribution in [0.3, 0.4) is 0 Å². The highest BCUT2D eigenvalue weighted by atomic mass is 32.1. The number of nitrogens with two attached hydrogens (primary N) is 1. The monoisotopic (exact) mass is 415 g/mol. The molecule has 4 rings (SSSR count). The molecule has 0 bridgehead atoms. The van der Waals surface area contributed by atoms with E-state index in [9.17, 15) is 4.79 Å². The van der Waals surface area contributed by atoms with E-state index in [1.807, 2.05) is 11.7 Å². The molecule has 28 heavy (non-hydrogen) atoms. The van der Waals surface area contributed by atoms with E-state index >= 15 is 0 Å². The van der Waals surface area contributed by atoms with Gasteiger partial charge in [0.15, 0.2) is 0 Å². The first kappa shape index (κ1) is 19.3. The van der Waals surface area contributed by atoms with Crippen molar-refractivity contribution >= 4 is 44.5 Å². The number of fused-ring (bicyclic) bond motifs is 1. The van der Waals surface area contributed by atoms with Crippen LogP contribution in [0.2, 0.25) is 0 Å². The fraction of sp³-hybridized carbons (Fsp3) is 0.450. The number of amides is 1. The van der Waals surface area contributed by atoms with Gasteiger partial charge in [0.25, 0.3) is 5.91 Å². The van der Waals surface area contributed by atoms with Crippen LogP contribution in [-0.4, -0.2) is 34.0 Å². The van der Waals surface area contributed by atoms with Gasteiger partial charge in [0.05, 0.1) is 21.6 Å². The molecule has 3 aromatic rings. The Morgan fingerprint density at radius 1 is 1.21 bits per heavy atom. The van der Waals surface area contributed by atoms with Crippen LogP contribution in [0.5, 0.6) is 0 Å². The van der Waals surface area contributed by atoms with Gasteiger partial charge in [-0.25, -0.2) is 4.98 Å². The molecule has 0 radical (unpaired) electrons. The number of nitrogens with zero attached hydrogens (tertiary/aromatic N) is 2. The van der Waals surface area contributed by atoms with Gasteiger partial charge in [-0.1, -0.05) is 0 Å². The third kappa shape index (κ3) is 4.04. The third-order valence-corrected chi connectivity index (χ3v) is 7.03. The summed E-state index contributed by atoms with van der Waals surface area (Å²) in [6.07, 6.45) is 7.35. The van der Waals surface area contributed by atoms with E-state index in [2.05, 4.69) is 40.5 Å². The molecule has 0 aromatic carbocycles. The number of aromatic nitrogens is 2. The Balaban J connectivity index is 1.67. The van der Waals surface area contributed by atoms with Crippen molar-refractivity contribution < 1.29 is 4.79 Å². The Hall–Kier alpha value is -2.03. The number of carbonyl (C=O) groups is 1. The van der Waals surface area contributed by atoms with Crippen molar-refractivity contribution in [1.82, 2.24) is 15.3 Å². The molecule has 0 saturated heterocycles. The lowest BCUT2D eigenvalue weighted by molar-refractivity contribution is 0.0926. The molecule has 6 nitrogen and oxygen atoms in total. The molecule has 148 valence electrons. The molecule has 1 amide bonds. The van der Waals surface area contributed by atoms with E-state index in [1.165, 1.54) is 0 Å². The van der Waals surface area contributed by atoms with E-state index < -0.39 is 0 Å². The highest BCUT2D eigenvalue weighted by Gasteiger charge is 2.24. The molecule has 0 unspecified atom stereocenters. The molecule has 1 aliphatic carbocycles. The van der Waals surface area contributed by atoms with E-state index in [1.54, 1.807) is 28.9 Å². The summed E-state index contributed by atoms with van der Waals surface area (Å²) in [6.45, 7) is 4.15. The van der Waals surface area contributed by atoms with Crippen molar-refractivity contribution in [3.05, 3.63) is 29.5 Å². The van der Waals surface area contributed by atoms with E-state index in [0.29, 0.717) is 5.56 Å². The summed E-state index contributed by atoms with van der Waals surface area (Å²) in [7, 11) is 0. The lowest BCUT2D eigenvalue weighted by Crippen LogP contribution is -2.40. The van der Waals surface area contributed by atoms with Crippen molar-refractivity contribution in [1.29, 1.82) is 0 Å². The molecule has 1 aliphatic rings. The molecule has 3 aromatic heterocycles. The van der Waals surface area contributed by atoms with Gasteiger partial charge in [-0.2, -0.15) is 0 Å². The van der Waals surface area contributed by atoms with Crippen molar-refractivity contribution in [2.45, 2.75) is 57.7 Å². The molecular formula is C20H25N5OS2. The van der Waals surface area contributed by atoms with Crippen LogP contribution in [0.15, 0.2) is 24.0 Å². The van der Waals surface area contributed by atoms with Crippen molar-refractivity contribution in [3.8, 4) is 9.75 Å². The second-order valence-corrected chi connectivity index (χ2v) is 9.54. The van der Waals surface area contributed by atoms with Crippen LogP contribution in [0.4, 0.5) is 5.69 Å². The Labute approximate surface area is 172 Å². The summed E-state index contributed by atoms with van der Waals surface area (Å²) >= 11 is 3.23. The van der Waals surface area contributed by atoms with Crippen molar-refractivity contribution in [2.24, 2.45) is 5.73 Å². The highest BCUT2D eigenvalue weighted by molar-refractivity contribution is 7.25. The minimum absolute atomic E-state index is 0.0661. The van der Waals surface area contributed by atoms with Crippen LogP contribution < -0.4 is 16.4 Å². The summed E-state index contributed by atoms with van der Waals surface area (Å²) in [5, 5.41) is 7.65. The predicted octanol–water partition coefficient (Wildman–Crippen LogP) is 4.24. The standard InChI is InChI=1S/C20H25N5OS2/c1-11(2)24-18-14-7-16(17-9-22-10-27-17)28-20(14)23-8-15(18)19(26)25-13-5-3-12(21)4-6-13/h7-13H,3-6,21H2,1-2H3,(H,23,24)(H,25,26). The zero-order valence-corrected chi connectivity index (χ0v) is 17.7. The Kier molecular flexibility index (Phi) is 5.61. The molecule has 4 N–H and O–H groups in total. The van der Waals surface area contributed by atoms with Crippen LogP contribution in [-0.2, 0) is 0 Å². The lowest BCUT2D eigenvalue weighted by Gasteiger charge is -2.27. The van der Waals surface area contributed by atoms with Gasteiger partial charge in [-0.15, -0.1) is 22.7 Å². The molecule has 3 heterocycles. The first-order chi connectivity index (χ1) is 13.5. The van der Waals surface area contributed by atoms with E-state index in [0.717, 1.165) is 51.3 Å². The van der Waals surface area contributed by atoms with Gasteiger partial charge in [0, 0.05) is 40.8 Å². The van der Waals surface area contributed by atoms with Crippen LogP contribution >= 0.6 is 22.7 Å². The number of anilines is 1. The van der Waals surface area contributed by atoms with E-state index in [-0.39, 0.29) is 24.0 Å². The third-order valence-electron chi connectivity index (χ3n) is 5.02. The average Bonchev–Trinajstić information content (AvgIpc) is 3.32. The Bertz CT molecular complexity index is 959. The second kappa shape index (κ2) is 8.14. The van der Waals surface area contributed by atoms with Gasteiger partial charge in [0.2, 0.25) is 0 Å². The van der Waals surface area contributed by atoms with Gasteiger partial charge in [0.1, 0.15) is 4.83 Å². The quantitative estimate of drug-likeness (QED) is 0.580. The lowest BCUT2D eigenvalue weighted by atomic mass is 9.91. The first-order valence-corrected chi connectivity index (χ1v) is 11.3. The number of thiazole rings is 1. The molecule has 1 fully saturated rings. The molecule has 1 saturated carbocycles. The molecule has 0 atom stereocenters. The molecule has 8 heteroatoms. The van der Waals surface area contributed by atoms with Crippen molar-refractivity contribution in [3.63, 3.8) is 0 Å². The molecule has 0 aliphatic heterocycles. The zero-order valence-electron chi connectivity index (χ0n) is 16.1. The Morgan fingerprint density at radius 2 is 2.00 bits per heavy atom. The normalized spacial score (nSPS) is 19.9. The maximum Gasteiger partial charge on any atom is 0.255 e. The number of carbonyl (C=O) groups excluding carboxylic acids is 1. The van der Waals surface area contributed by atoms with Crippen LogP contribution in [0, 0.1) is 0 Å². The first-order valence-electron chi connectivity index (χ1n) is 9.65. The van der Waals surface area contributed by atoms with Crippen LogP contribution in [0.1, 0.15) is 49.9 Å². The molecule has 0 spiro atoms. The summed E-state index contributed by atoms with van der Waals surface area (Å²) in [4.78, 5) is 25.0. The average molecular weight is 416 g/mol. The minimum atomic E-state index is -0.0661. The van der Waals surface area contributed by atoms with Gasteiger partial charge < -0.3 is 16.4 Å². The molecular weight excluding hydrogens is 390 g/mol. The fourth-order valence-electron chi connectivity index (χ4n) is 3.59. The SMILES string of the molecule is CC(C)Nc1c(C(=O)NC2CCC(N)CC2)cnc2sc(-c3cncs3)cc12. The highest BCUT2D eigenvalue weighted by Crippen LogP contribution is 2.38. The summed E-state index contributed by atoms with van der Waals surface area (Å²) in [6, 6.07) is 2.77. The van der Waals surface area contributed by atoms with Crippen molar-refractivity contribution in [2.75, 3.05) is 5.32 Å². The second-order valence-electron chi connectivity index (χ2n) is 7.63. The summed E-state index contributed by atoms with van der Waals surface area (Å²) in [5.74, 6) is -0.0661.